The van der Waals surface area contributed by atoms with Crippen molar-refractivity contribution in [1.29, 1.82) is 0 Å². The van der Waals surface area contributed by atoms with Crippen LogP contribution in [-0.2, 0) is 6.42 Å². The minimum Gasteiger partial charge on any atom is -0.508 e. The molecular formula is C16H19NO2S. The number of aryl methyl sites for hydroxylation is 2. The number of aromatic hydroxyl groups is 1. The van der Waals surface area contributed by atoms with Gasteiger partial charge in [-0.25, -0.2) is 0 Å². The van der Waals surface area contributed by atoms with E-state index >= 15 is 0 Å². The number of carbonyl (C=O) groups excluding carboxylic acids is 1. The van der Waals surface area contributed by atoms with Crippen molar-refractivity contribution >= 4 is 17.2 Å². The van der Waals surface area contributed by atoms with Crippen molar-refractivity contribution in [3.05, 3.63) is 51.2 Å². The van der Waals surface area contributed by atoms with Gasteiger partial charge >= 0.3 is 0 Å². The van der Waals surface area contributed by atoms with Gasteiger partial charge in [-0.3, -0.25) is 4.79 Å². The van der Waals surface area contributed by atoms with Crippen LogP contribution in [0.15, 0.2) is 30.3 Å². The highest BCUT2D eigenvalue weighted by molar-refractivity contribution is 7.11. The Bertz CT molecular complexity index is 619. The Morgan fingerprint density at radius 2 is 2.05 bits per heavy atom. The molecule has 0 fully saturated rings. The highest BCUT2D eigenvalue weighted by atomic mass is 32.1. The van der Waals surface area contributed by atoms with Crippen molar-refractivity contribution in [2.24, 2.45) is 0 Å². The molecule has 0 spiro atoms. The van der Waals surface area contributed by atoms with Gasteiger partial charge in [-0.1, -0.05) is 0 Å². The smallest absolute Gasteiger partial charge is 0.251 e. The third-order valence-electron chi connectivity index (χ3n) is 3.14. The second-order valence-corrected chi connectivity index (χ2v) is 6.46. The number of phenols is 1. The topological polar surface area (TPSA) is 49.3 Å². The average molecular weight is 289 g/mol. The molecule has 0 aliphatic rings. The number of rotatable bonds is 4. The van der Waals surface area contributed by atoms with Crippen LogP contribution >= 0.6 is 11.3 Å². The normalized spacial score (nSPS) is 12.2. The van der Waals surface area contributed by atoms with Crippen LogP contribution in [0.25, 0.3) is 0 Å². The Kier molecular flexibility index (Phi) is 4.45. The molecular weight excluding hydrogens is 270 g/mol. The largest absolute Gasteiger partial charge is 0.508 e. The van der Waals surface area contributed by atoms with Crippen LogP contribution in [-0.4, -0.2) is 17.1 Å². The van der Waals surface area contributed by atoms with Crippen LogP contribution in [0, 0.1) is 13.8 Å². The van der Waals surface area contributed by atoms with Crippen molar-refractivity contribution < 1.29 is 9.90 Å². The van der Waals surface area contributed by atoms with E-state index < -0.39 is 0 Å². The van der Waals surface area contributed by atoms with E-state index in [0.717, 1.165) is 6.42 Å². The van der Waals surface area contributed by atoms with Crippen molar-refractivity contribution in [3.8, 4) is 5.75 Å². The third-order valence-corrected chi connectivity index (χ3v) is 4.16. The van der Waals surface area contributed by atoms with E-state index in [-0.39, 0.29) is 17.7 Å². The molecule has 1 aromatic heterocycles. The maximum Gasteiger partial charge on any atom is 0.251 e. The number of amides is 1. The number of hydrogen-bond acceptors (Lipinski definition) is 3. The molecule has 1 amide bonds. The molecule has 2 rings (SSSR count). The summed E-state index contributed by atoms with van der Waals surface area (Å²) in [5.74, 6) is 0.109. The molecule has 2 aromatic rings. The van der Waals surface area contributed by atoms with E-state index in [9.17, 15) is 9.90 Å². The molecule has 2 N–H and O–H groups in total. The Morgan fingerprint density at radius 3 is 2.65 bits per heavy atom. The van der Waals surface area contributed by atoms with Crippen LogP contribution in [0.5, 0.6) is 5.75 Å². The first-order chi connectivity index (χ1) is 9.45. The number of benzene rings is 1. The standard InChI is InChI=1S/C16H19NO2S/c1-10-8-13(5-7-15(10)18)16(19)17-11(2)9-14-6-4-12(3)20-14/h4-8,11,18H,9H2,1-3H3,(H,17,19). The minimum atomic E-state index is -0.103. The number of thiophene rings is 1. The Balaban J connectivity index is 1.98. The molecule has 1 aromatic carbocycles. The molecule has 106 valence electrons. The fourth-order valence-corrected chi connectivity index (χ4v) is 3.07. The van der Waals surface area contributed by atoms with Crippen LogP contribution < -0.4 is 5.32 Å². The minimum absolute atomic E-state index is 0.0784. The molecule has 1 unspecified atom stereocenters. The maximum atomic E-state index is 12.1. The van der Waals surface area contributed by atoms with E-state index in [1.165, 1.54) is 9.75 Å². The van der Waals surface area contributed by atoms with Gasteiger partial charge in [-0.2, -0.15) is 0 Å². The monoisotopic (exact) mass is 289 g/mol. The van der Waals surface area contributed by atoms with Gasteiger partial charge in [-0.15, -0.1) is 11.3 Å². The lowest BCUT2D eigenvalue weighted by Crippen LogP contribution is -2.33. The molecule has 0 saturated heterocycles. The SMILES string of the molecule is Cc1ccc(CC(C)NC(=O)c2ccc(O)c(C)c2)s1. The van der Waals surface area contributed by atoms with Crippen molar-refractivity contribution in [1.82, 2.24) is 5.32 Å². The molecule has 0 bridgehead atoms. The predicted molar refractivity (Wildman–Crippen MR) is 82.5 cm³/mol. The first-order valence-electron chi connectivity index (χ1n) is 6.61. The van der Waals surface area contributed by atoms with Crippen molar-refractivity contribution in [2.45, 2.75) is 33.2 Å². The fourth-order valence-electron chi connectivity index (χ4n) is 2.05. The molecule has 0 saturated carbocycles. The molecule has 20 heavy (non-hydrogen) atoms. The van der Waals surface area contributed by atoms with Gasteiger partial charge < -0.3 is 10.4 Å². The van der Waals surface area contributed by atoms with Gasteiger partial charge in [0.05, 0.1) is 0 Å². The Morgan fingerprint density at radius 1 is 1.30 bits per heavy atom. The van der Waals surface area contributed by atoms with Crippen LogP contribution in [0.2, 0.25) is 0 Å². The highest BCUT2D eigenvalue weighted by Gasteiger charge is 2.12. The van der Waals surface area contributed by atoms with Crippen LogP contribution in [0.3, 0.4) is 0 Å². The summed E-state index contributed by atoms with van der Waals surface area (Å²) in [6, 6.07) is 9.17. The highest BCUT2D eigenvalue weighted by Crippen LogP contribution is 2.18. The summed E-state index contributed by atoms with van der Waals surface area (Å²) in [4.78, 5) is 14.7. The lowest BCUT2D eigenvalue weighted by Gasteiger charge is -2.13. The van der Waals surface area contributed by atoms with Gasteiger partial charge in [-0.05, 0) is 56.7 Å². The number of nitrogens with one attached hydrogen (secondary N) is 1. The van der Waals surface area contributed by atoms with E-state index in [0.29, 0.717) is 11.1 Å². The average Bonchev–Trinajstić information content (AvgIpc) is 2.77. The first kappa shape index (κ1) is 14.6. The molecule has 0 aliphatic carbocycles. The molecule has 0 aliphatic heterocycles. The number of carbonyl (C=O) groups is 1. The van der Waals surface area contributed by atoms with E-state index in [1.54, 1.807) is 36.5 Å². The third kappa shape index (κ3) is 3.61. The summed E-state index contributed by atoms with van der Waals surface area (Å²) in [6.45, 7) is 5.86. The quantitative estimate of drug-likeness (QED) is 0.906. The van der Waals surface area contributed by atoms with E-state index in [2.05, 4.69) is 24.4 Å². The lowest BCUT2D eigenvalue weighted by molar-refractivity contribution is 0.0940. The zero-order valence-electron chi connectivity index (χ0n) is 11.9. The Hall–Kier alpha value is -1.81. The zero-order chi connectivity index (χ0) is 14.7. The molecule has 0 radical (unpaired) electrons. The molecule has 4 heteroatoms. The van der Waals surface area contributed by atoms with Gasteiger partial charge in [0.1, 0.15) is 5.75 Å². The van der Waals surface area contributed by atoms with Crippen molar-refractivity contribution in [2.75, 3.05) is 0 Å². The number of phenolic OH excluding ortho intramolecular Hbond substituents is 1. The zero-order valence-corrected chi connectivity index (χ0v) is 12.8. The van der Waals surface area contributed by atoms with Gasteiger partial charge in [0.15, 0.2) is 0 Å². The predicted octanol–water partition coefficient (Wildman–Crippen LogP) is 3.43. The molecule has 3 nitrogen and oxygen atoms in total. The van der Waals surface area contributed by atoms with Gasteiger partial charge in [0.25, 0.3) is 5.91 Å². The molecule has 1 atom stereocenters. The fraction of sp³-hybridized carbons (Fsp3) is 0.312. The Labute approximate surface area is 123 Å². The number of hydrogen-bond donors (Lipinski definition) is 2. The van der Waals surface area contributed by atoms with Crippen LogP contribution in [0.4, 0.5) is 0 Å². The summed E-state index contributed by atoms with van der Waals surface area (Å²) >= 11 is 1.76. The molecule has 1 heterocycles. The van der Waals surface area contributed by atoms with Gasteiger partial charge in [0, 0.05) is 27.8 Å². The van der Waals surface area contributed by atoms with Gasteiger partial charge in [0.2, 0.25) is 0 Å². The second kappa shape index (κ2) is 6.09. The lowest BCUT2D eigenvalue weighted by atomic mass is 10.1. The maximum absolute atomic E-state index is 12.1. The van der Waals surface area contributed by atoms with Crippen molar-refractivity contribution in [3.63, 3.8) is 0 Å². The summed E-state index contributed by atoms with van der Waals surface area (Å²) in [6.07, 6.45) is 0.835. The second-order valence-electron chi connectivity index (χ2n) is 5.09. The first-order valence-corrected chi connectivity index (χ1v) is 7.43. The van der Waals surface area contributed by atoms with E-state index in [1.807, 2.05) is 6.92 Å². The van der Waals surface area contributed by atoms with E-state index in [4.69, 9.17) is 0 Å². The van der Waals surface area contributed by atoms with Crippen LogP contribution in [0.1, 0.15) is 32.6 Å². The summed E-state index contributed by atoms with van der Waals surface area (Å²) in [7, 11) is 0. The summed E-state index contributed by atoms with van der Waals surface area (Å²) in [5.41, 5.74) is 1.29. The summed E-state index contributed by atoms with van der Waals surface area (Å²) in [5, 5.41) is 12.5. The summed E-state index contributed by atoms with van der Waals surface area (Å²) < 4.78 is 0.